The summed E-state index contributed by atoms with van der Waals surface area (Å²) in [5.74, 6) is 3.61. The number of rotatable bonds is 4. The van der Waals surface area contributed by atoms with E-state index in [9.17, 15) is 0 Å². The molecule has 0 heterocycles. The minimum absolute atomic E-state index is 0.249. The third-order valence-corrected chi connectivity index (χ3v) is 7.81. The molecule has 20 heavy (non-hydrogen) atoms. The van der Waals surface area contributed by atoms with Crippen LogP contribution in [0.3, 0.4) is 0 Å². The van der Waals surface area contributed by atoms with Crippen LogP contribution in [0.5, 0.6) is 0 Å². The zero-order chi connectivity index (χ0) is 16.8. The van der Waals surface area contributed by atoms with Crippen molar-refractivity contribution < 1.29 is 0 Å². The molecule has 0 rings (SSSR count). The van der Waals surface area contributed by atoms with Gasteiger partial charge < -0.3 is 0 Å². The van der Waals surface area contributed by atoms with Crippen molar-refractivity contribution in [3.05, 3.63) is 0 Å². The molecule has 0 aromatic rings. The van der Waals surface area contributed by atoms with Crippen molar-refractivity contribution >= 4 is 50.5 Å². The van der Waals surface area contributed by atoms with Crippen LogP contribution in [0.4, 0.5) is 0 Å². The zero-order valence-electron chi connectivity index (χ0n) is 14.6. The molecule has 0 aliphatic carbocycles. The van der Waals surface area contributed by atoms with Crippen molar-refractivity contribution in [3.63, 3.8) is 0 Å². The first kappa shape index (κ1) is 23.7. The first-order valence-corrected chi connectivity index (χ1v) is 9.71. The summed E-state index contributed by atoms with van der Waals surface area (Å²) in [5, 5.41) is 0. The van der Waals surface area contributed by atoms with E-state index in [2.05, 4.69) is 106 Å². The van der Waals surface area contributed by atoms with Gasteiger partial charge in [-0.2, -0.15) is 50.5 Å². The molecule has 0 fully saturated rings. The van der Waals surface area contributed by atoms with E-state index < -0.39 is 0 Å². The van der Waals surface area contributed by atoms with Crippen LogP contribution in [0.2, 0.25) is 0 Å². The number of hydrogen-bond donors (Lipinski definition) is 4. The van der Waals surface area contributed by atoms with E-state index in [1.165, 1.54) is 0 Å². The molecular weight excluding hydrogens is 320 g/mol. The average Bonchev–Trinajstić information content (AvgIpc) is 2.34. The van der Waals surface area contributed by atoms with Crippen molar-refractivity contribution in [2.75, 3.05) is 23.0 Å². The lowest BCUT2D eigenvalue weighted by molar-refractivity contribution is 0.169. The molecule has 4 heteroatoms. The molecule has 0 amide bonds. The Balaban J connectivity index is 0. The van der Waals surface area contributed by atoms with Crippen LogP contribution in [0.25, 0.3) is 0 Å². The summed E-state index contributed by atoms with van der Waals surface area (Å²) in [5.41, 5.74) is 1.10. The standard InChI is InChI=1S/2C8H18S2/c2*1-7(2,3)8(4,5-9)6-10/h2*9-10H,5-6H2,1-4H3. The van der Waals surface area contributed by atoms with Crippen LogP contribution < -0.4 is 0 Å². The van der Waals surface area contributed by atoms with E-state index in [0.717, 1.165) is 23.0 Å². The fraction of sp³-hybridized carbons (Fsp3) is 1.00. The van der Waals surface area contributed by atoms with Crippen molar-refractivity contribution in [2.24, 2.45) is 21.7 Å². The summed E-state index contributed by atoms with van der Waals surface area (Å²) in [4.78, 5) is 0. The molecule has 0 bridgehead atoms. The monoisotopic (exact) mass is 356 g/mol. The lowest BCUT2D eigenvalue weighted by atomic mass is 9.70. The maximum absolute atomic E-state index is 4.33. The highest BCUT2D eigenvalue weighted by Gasteiger charge is 2.35. The Kier molecular flexibility index (Phi) is 10.5. The van der Waals surface area contributed by atoms with E-state index in [0.29, 0.717) is 10.8 Å². The Labute approximate surface area is 150 Å². The Hall–Kier alpha value is 1.40. The second kappa shape index (κ2) is 8.88. The predicted octanol–water partition coefficient (Wildman–Crippen LogP) is 5.80. The molecule has 0 aliphatic rings. The van der Waals surface area contributed by atoms with E-state index >= 15 is 0 Å². The molecule has 0 radical (unpaired) electrons. The molecule has 0 saturated carbocycles. The topological polar surface area (TPSA) is 0 Å². The normalized spacial score (nSPS) is 13.8. The lowest BCUT2D eigenvalue weighted by Gasteiger charge is -2.39. The van der Waals surface area contributed by atoms with Crippen LogP contribution in [-0.4, -0.2) is 23.0 Å². The van der Waals surface area contributed by atoms with Crippen molar-refractivity contribution in [3.8, 4) is 0 Å². The van der Waals surface area contributed by atoms with Gasteiger partial charge in [0.05, 0.1) is 0 Å². The van der Waals surface area contributed by atoms with Crippen molar-refractivity contribution in [2.45, 2.75) is 55.4 Å². The van der Waals surface area contributed by atoms with E-state index in [4.69, 9.17) is 0 Å². The second-order valence-electron chi connectivity index (χ2n) is 8.25. The van der Waals surface area contributed by atoms with Gasteiger partial charge in [0.2, 0.25) is 0 Å². The third kappa shape index (κ3) is 6.66. The summed E-state index contributed by atoms with van der Waals surface area (Å²) in [7, 11) is 0. The maximum Gasteiger partial charge on any atom is -0.00310 e. The summed E-state index contributed by atoms with van der Waals surface area (Å²) < 4.78 is 0. The van der Waals surface area contributed by atoms with Gasteiger partial charge >= 0.3 is 0 Å². The first-order valence-electron chi connectivity index (χ1n) is 7.18. The highest BCUT2D eigenvalue weighted by atomic mass is 32.1. The van der Waals surface area contributed by atoms with Crippen LogP contribution >= 0.6 is 50.5 Å². The van der Waals surface area contributed by atoms with Gasteiger partial charge in [-0.15, -0.1) is 0 Å². The molecule has 0 atom stereocenters. The molecule has 0 aromatic carbocycles. The minimum atomic E-state index is 0.249. The Morgan fingerprint density at radius 1 is 0.450 bits per heavy atom. The van der Waals surface area contributed by atoms with Crippen LogP contribution in [-0.2, 0) is 0 Å². The minimum Gasteiger partial charge on any atom is -0.179 e. The molecule has 0 saturated heterocycles. The zero-order valence-corrected chi connectivity index (χ0v) is 18.2. The highest BCUT2D eigenvalue weighted by Crippen LogP contribution is 2.40. The van der Waals surface area contributed by atoms with Crippen LogP contribution in [0.1, 0.15) is 55.4 Å². The van der Waals surface area contributed by atoms with Crippen molar-refractivity contribution in [1.29, 1.82) is 0 Å². The van der Waals surface area contributed by atoms with Gasteiger partial charge in [-0.3, -0.25) is 0 Å². The summed E-state index contributed by atoms with van der Waals surface area (Å²) >= 11 is 17.3. The van der Waals surface area contributed by atoms with Gasteiger partial charge in [0, 0.05) is 0 Å². The SMILES string of the molecule is CC(C)(C)C(C)(CS)CS.CC(C)(C)C(C)(CS)CS. The van der Waals surface area contributed by atoms with Gasteiger partial charge in [0.25, 0.3) is 0 Å². The fourth-order valence-corrected chi connectivity index (χ4v) is 3.75. The third-order valence-electron chi connectivity index (χ3n) is 5.02. The molecule has 0 aliphatic heterocycles. The smallest absolute Gasteiger partial charge is 0.00310 e. The largest absolute Gasteiger partial charge is 0.179 e. The first-order chi connectivity index (χ1) is 8.74. The molecule has 0 nitrogen and oxygen atoms in total. The van der Waals surface area contributed by atoms with E-state index in [1.807, 2.05) is 0 Å². The van der Waals surface area contributed by atoms with Gasteiger partial charge in [0.15, 0.2) is 0 Å². The van der Waals surface area contributed by atoms with Gasteiger partial charge in [0.1, 0.15) is 0 Å². The van der Waals surface area contributed by atoms with Crippen molar-refractivity contribution in [1.82, 2.24) is 0 Å². The Morgan fingerprint density at radius 2 is 0.600 bits per heavy atom. The number of thiol groups is 4. The summed E-state index contributed by atoms with van der Waals surface area (Å²) in [6.45, 7) is 17.9. The molecule has 0 unspecified atom stereocenters. The molecule has 0 aromatic heterocycles. The predicted molar refractivity (Wildman–Crippen MR) is 111 cm³/mol. The highest BCUT2D eigenvalue weighted by molar-refractivity contribution is 7.81. The van der Waals surface area contributed by atoms with Gasteiger partial charge in [-0.05, 0) is 44.7 Å². The maximum atomic E-state index is 4.33. The molecule has 124 valence electrons. The second-order valence-corrected chi connectivity index (χ2v) is 9.52. The lowest BCUT2D eigenvalue weighted by Crippen LogP contribution is -2.36. The number of hydrogen-bond acceptors (Lipinski definition) is 4. The average molecular weight is 357 g/mol. The summed E-state index contributed by atoms with van der Waals surface area (Å²) in [6, 6.07) is 0. The van der Waals surface area contributed by atoms with Crippen LogP contribution in [0.15, 0.2) is 0 Å². The van der Waals surface area contributed by atoms with Crippen LogP contribution in [0, 0.1) is 21.7 Å². The molecule has 0 spiro atoms. The Bertz CT molecular complexity index is 225. The quantitative estimate of drug-likeness (QED) is 0.450. The van der Waals surface area contributed by atoms with Gasteiger partial charge in [-0.25, -0.2) is 0 Å². The van der Waals surface area contributed by atoms with E-state index in [1.54, 1.807) is 0 Å². The molecular formula is C16H36S4. The van der Waals surface area contributed by atoms with Gasteiger partial charge in [-0.1, -0.05) is 55.4 Å². The molecule has 0 N–H and O–H groups in total. The summed E-state index contributed by atoms with van der Waals surface area (Å²) in [6.07, 6.45) is 0. The fourth-order valence-electron chi connectivity index (χ4n) is 1.05. The Morgan fingerprint density at radius 3 is 0.600 bits per heavy atom. The van der Waals surface area contributed by atoms with E-state index in [-0.39, 0.29) is 10.8 Å².